The lowest BCUT2D eigenvalue weighted by atomic mass is 9.98. The van der Waals surface area contributed by atoms with Crippen molar-refractivity contribution in [3.05, 3.63) is 83.9 Å². The Kier molecular flexibility index (Phi) is 8.75. The van der Waals surface area contributed by atoms with Gasteiger partial charge in [0, 0.05) is 29.8 Å². The van der Waals surface area contributed by atoms with Gasteiger partial charge in [0.1, 0.15) is 6.04 Å². The molecule has 4 N–H and O–H groups in total. The number of carbonyl (C=O) groups is 2. The van der Waals surface area contributed by atoms with E-state index in [0.29, 0.717) is 31.8 Å². The molecule has 10 heteroatoms. The number of aliphatic hydroxyl groups excluding tert-OH is 1. The number of carbonyl (C=O) groups excluding carboxylic acids is 2. The summed E-state index contributed by atoms with van der Waals surface area (Å²) in [6, 6.07) is 23.3. The molecule has 0 bridgehead atoms. The van der Waals surface area contributed by atoms with Crippen LogP contribution < -0.4 is 15.5 Å². The van der Waals surface area contributed by atoms with Crippen molar-refractivity contribution in [3.8, 4) is 22.5 Å². The first-order valence-electron chi connectivity index (χ1n) is 14.2. The van der Waals surface area contributed by atoms with E-state index in [2.05, 4.69) is 31.3 Å². The highest BCUT2D eigenvalue weighted by Crippen LogP contribution is 2.32. The number of aromatic nitrogens is 4. The zero-order valence-electron chi connectivity index (χ0n) is 24.2. The number of nitrogens with zero attached hydrogens (tertiary/aromatic N) is 4. The van der Waals surface area contributed by atoms with Gasteiger partial charge in [-0.2, -0.15) is 0 Å². The van der Waals surface area contributed by atoms with Gasteiger partial charge in [0.25, 0.3) is 0 Å². The van der Waals surface area contributed by atoms with E-state index < -0.39 is 17.7 Å². The number of β-amino-alcohol motifs (C(OH)–C–C–N with tert-alkyl or cyclic N) is 1. The Hall–Kier alpha value is -4.41. The monoisotopic (exact) mass is 567 g/mol. The number of hydrogen-bond acceptors (Lipinski definition) is 7. The molecule has 5 rings (SSSR count). The van der Waals surface area contributed by atoms with Crippen LogP contribution in [0.5, 0.6) is 0 Å². The zero-order valence-corrected chi connectivity index (χ0v) is 24.2. The first kappa shape index (κ1) is 29.1. The molecular weight excluding hydrogens is 530 g/mol. The summed E-state index contributed by atoms with van der Waals surface area (Å²) in [6.45, 7) is 6.28. The Morgan fingerprint density at radius 1 is 1.07 bits per heavy atom. The quantitative estimate of drug-likeness (QED) is 0.230. The summed E-state index contributed by atoms with van der Waals surface area (Å²) in [5.74, 6) is 0.263. The van der Waals surface area contributed by atoms with Crippen LogP contribution in [0.3, 0.4) is 0 Å². The summed E-state index contributed by atoms with van der Waals surface area (Å²) in [7, 11) is 0. The minimum absolute atomic E-state index is 0.129. The maximum Gasteiger partial charge on any atom is 0.249 e. The van der Waals surface area contributed by atoms with Gasteiger partial charge in [-0.15, -0.1) is 5.10 Å². The third-order valence-electron chi connectivity index (χ3n) is 7.50. The number of aryl methyl sites for hydroxylation is 1. The van der Waals surface area contributed by atoms with E-state index in [1.54, 1.807) is 11.8 Å². The van der Waals surface area contributed by atoms with Crippen LogP contribution >= 0.6 is 0 Å². The number of fused-ring (bicyclic) bond motifs is 1. The van der Waals surface area contributed by atoms with Crippen LogP contribution in [-0.4, -0.2) is 61.8 Å². The number of anilines is 1. The Morgan fingerprint density at radius 3 is 2.50 bits per heavy atom. The van der Waals surface area contributed by atoms with Gasteiger partial charge in [0.2, 0.25) is 11.8 Å². The molecule has 10 nitrogen and oxygen atoms in total. The third kappa shape index (κ3) is 6.89. The predicted octanol–water partition coefficient (Wildman–Crippen LogP) is 3.64. The Labute approximate surface area is 245 Å². The fourth-order valence-corrected chi connectivity index (χ4v) is 5.33. The van der Waals surface area contributed by atoms with Gasteiger partial charge >= 0.3 is 0 Å². The lowest BCUT2D eigenvalue weighted by molar-refractivity contribution is -0.128. The molecule has 0 fully saturated rings. The molecule has 4 aromatic rings. The minimum Gasteiger partial charge on any atom is -0.392 e. The molecule has 1 aromatic heterocycles. The summed E-state index contributed by atoms with van der Waals surface area (Å²) in [6.07, 6.45) is 0.867. The number of rotatable bonds is 10. The number of aliphatic hydroxyl groups is 1. The summed E-state index contributed by atoms with van der Waals surface area (Å²) in [4.78, 5) is 28.8. The van der Waals surface area contributed by atoms with Crippen LogP contribution in [0.2, 0.25) is 0 Å². The second-order valence-electron chi connectivity index (χ2n) is 11.5. The average Bonchev–Trinajstić information content (AvgIpc) is 3.48. The number of benzene rings is 3. The molecule has 0 spiro atoms. The van der Waals surface area contributed by atoms with Crippen molar-refractivity contribution in [1.29, 1.82) is 0 Å². The molecular formula is C32H37N7O3. The summed E-state index contributed by atoms with van der Waals surface area (Å²) in [5, 5.41) is 30.1. The fourth-order valence-electron chi connectivity index (χ4n) is 5.33. The lowest BCUT2D eigenvalue weighted by Gasteiger charge is -2.29. The van der Waals surface area contributed by atoms with E-state index in [4.69, 9.17) is 0 Å². The van der Waals surface area contributed by atoms with Crippen LogP contribution in [0.4, 0.5) is 5.69 Å². The largest absolute Gasteiger partial charge is 0.392 e. The molecule has 2 heterocycles. The zero-order chi connectivity index (χ0) is 29.7. The van der Waals surface area contributed by atoms with Gasteiger partial charge < -0.3 is 20.6 Å². The molecule has 0 saturated heterocycles. The number of amides is 2. The van der Waals surface area contributed by atoms with Crippen molar-refractivity contribution < 1.29 is 14.7 Å². The van der Waals surface area contributed by atoms with E-state index in [-0.39, 0.29) is 18.2 Å². The number of para-hydroxylation sites is 1. The fraction of sp³-hybridized carbons (Fsp3) is 0.344. The van der Waals surface area contributed by atoms with Gasteiger partial charge in [-0.05, 0) is 72.4 Å². The van der Waals surface area contributed by atoms with E-state index in [9.17, 15) is 14.7 Å². The molecule has 3 aromatic carbocycles. The first-order chi connectivity index (χ1) is 20.2. The minimum atomic E-state index is -0.640. The number of H-pyrrole nitrogens is 1. The third-order valence-corrected chi connectivity index (χ3v) is 7.50. The summed E-state index contributed by atoms with van der Waals surface area (Å²) in [5.41, 5.74) is 5.28. The van der Waals surface area contributed by atoms with Crippen LogP contribution in [0, 0.1) is 0 Å². The highest BCUT2D eigenvalue weighted by atomic mass is 16.3. The first-order valence-corrected chi connectivity index (χ1v) is 14.2. The van der Waals surface area contributed by atoms with Crippen molar-refractivity contribution in [2.75, 3.05) is 11.4 Å². The smallest absolute Gasteiger partial charge is 0.249 e. The molecule has 2 amide bonds. The van der Waals surface area contributed by atoms with E-state index in [0.717, 1.165) is 33.5 Å². The number of aromatic amines is 1. The summed E-state index contributed by atoms with van der Waals surface area (Å²) < 4.78 is 0. The van der Waals surface area contributed by atoms with Crippen LogP contribution in [-0.2, 0) is 22.6 Å². The van der Waals surface area contributed by atoms with Crippen LogP contribution in [0.15, 0.2) is 72.8 Å². The van der Waals surface area contributed by atoms with Gasteiger partial charge in [0.05, 0.1) is 12.6 Å². The normalized spacial score (nSPS) is 16.0. The van der Waals surface area contributed by atoms with E-state index >= 15 is 0 Å². The maximum absolute atomic E-state index is 13.9. The van der Waals surface area contributed by atoms with E-state index in [1.807, 2.05) is 86.6 Å². The lowest BCUT2D eigenvalue weighted by Crippen LogP contribution is -2.51. The second kappa shape index (κ2) is 12.6. The van der Waals surface area contributed by atoms with Crippen molar-refractivity contribution in [2.24, 2.45) is 0 Å². The molecule has 2 atom stereocenters. The second-order valence-corrected chi connectivity index (χ2v) is 11.5. The molecule has 42 heavy (non-hydrogen) atoms. The van der Waals surface area contributed by atoms with Crippen molar-refractivity contribution >= 4 is 17.5 Å². The van der Waals surface area contributed by atoms with Gasteiger partial charge in [-0.3, -0.25) is 9.59 Å². The molecule has 218 valence electrons. The van der Waals surface area contributed by atoms with Gasteiger partial charge in [0.15, 0.2) is 5.82 Å². The topological polar surface area (TPSA) is 136 Å². The van der Waals surface area contributed by atoms with Gasteiger partial charge in [-0.25, -0.2) is 5.10 Å². The maximum atomic E-state index is 13.9. The Bertz CT molecular complexity index is 1520. The number of nitrogens with one attached hydrogen (secondary N) is 3. The molecule has 1 aliphatic heterocycles. The van der Waals surface area contributed by atoms with Crippen LogP contribution in [0.25, 0.3) is 22.5 Å². The van der Waals surface area contributed by atoms with E-state index in [1.165, 1.54) is 0 Å². The SMILES string of the molecule is C[C@H](O)CNC(C)(C)CC(=O)N[C@@H]1CCc2ccccc2N(Cc2ccc(-c3ccccc3-c3nnn[nH]3)cc2)C1=O. The Balaban J connectivity index is 1.34. The average molecular weight is 568 g/mol. The molecule has 0 aliphatic carbocycles. The molecule has 0 saturated carbocycles. The van der Waals surface area contributed by atoms with Gasteiger partial charge in [-0.1, -0.05) is 66.7 Å². The predicted molar refractivity (Wildman–Crippen MR) is 161 cm³/mol. The van der Waals surface area contributed by atoms with Crippen molar-refractivity contribution in [3.63, 3.8) is 0 Å². The molecule has 0 unspecified atom stereocenters. The number of tetrazole rings is 1. The standard InChI is InChI=1S/C32H37N7O3/c1-21(40)19-33-32(2,3)18-29(41)34-27-17-16-24-8-4-7-11-28(24)39(31(27)42)20-22-12-14-23(15-13-22)25-9-5-6-10-26(25)30-35-37-38-36-30/h4-15,21,27,33,40H,16-20H2,1-3H3,(H,34,41)(H,35,36,37,38)/t21-,27+/m0/s1. The summed E-state index contributed by atoms with van der Waals surface area (Å²) >= 11 is 0. The van der Waals surface area contributed by atoms with Crippen LogP contribution in [0.1, 0.15) is 44.7 Å². The number of hydrogen-bond donors (Lipinski definition) is 4. The highest BCUT2D eigenvalue weighted by molar-refractivity contribution is 6.00. The highest BCUT2D eigenvalue weighted by Gasteiger charge is 2.32. The van der Waals surface area contributed by atoms with Crippen molar-refractivity contribution in [2.45, 2.75) is 64.3 Å². The molecule has 1 aliphatic rings. The van der Waals surface area contributed by atoms with Crippen molar-refractivity contribution in [1.82, 2.24) is 31.3 Å². The Morgan fingerprint density at radius 2 is 1.79 bits per heavy atom. The molecule has 0 radical (unpaired) electrons.